The molecule has 0 aromatic heterocycles. The number of nitrogens with zero attached hydrogens (tertiary/aromatic N) is 2. The average molecular weight is 476 g/mol. The average Bonchev–Trinajstić information content (AvgIpc) is 2.95. The Bertz CT molecular complexity index is 1160. The normalized spacial score (nSPS) is 13.1. The fraction of sp³-hybridized carbons (Fsp3) is 0.357. The van der Waals surface area contributed by atoms with Crippen LogP contribution in [0.25, 0.3) is 17.2 Å². The maximum atomic E-state index is 13.0. The van der Waals surface area contributed by atoms with E-state index in [0.29, 0.717) is 23.6 Å². The molecule has 3 rings (SSSR count). The first-order valence-corrected chi connectivity index (χ1v) is 11.8. The lowest BCUT2D eigenvalue weighted by Gasteiger charge is -2.20. The number of benzene rings is 2. The first kappa shape index (κ1) is 25.9. The third kappa shape index (κ3) is 7.12. The van der Waals surface area contributed by atoms with E-state index in [1.54, 1.807) is 0 Å². The third-order valence-corrected chi connectivity index (χ3v) is 5.40. The zero-order valence-corrected chi connectivity index (χ0v) is 20.8. The Morgan fingerprint density at radius 2 is 1.80 bits per heavy atom. The molecule has 0 radical (unpaired) electrons. The number of amides is 1. The molecular formula is C28H33N3O4. The Labute approximate surface area is 206 Å². The second-order valence-electron chi connectivity index (χ2n) is 9.60. The summed E-state index contributed by atoms with van der Waals surface area (Å²) < 4.78 is 5.39. The highest BCUT2D eigenvalue weighted by Gasteiger charge is 2.21. The van der Waals surface area contributed by atoms with Crippen LogP contribution in [0.1, 0.15) is 51.7 Å². The maximum Gasteiger partial charge on any atom is 0.310 e. The van der Waals surface area contributed by atoms with E-state index in [1.165, 1.54) is 4.90 Å². The lowest BCUT2D eigenvalue weighted by molar-refractivity contribution is -0.153. The molecule has 0 aliphatic carbocycles. The van der Waals surface area contributed by atoms with Gasteiger partial charge in [-0.1, -0.05) is 43.3 Å². The van der Waals surface area contributed by atoms with Crippen LogP contribution in [0.15, 0.2) is 53.0 Å². The van der Waals surface area contributed by atoms with Crippen molar-refractivity contribution in [1.82, 2.24) is 4.90 Å². The second kappa shape index (κ2) is 11.1. The van der Waals surface area contributed by atoms with Crippen LogP contribution in [-0.4, -0.2) is 47.6 Å². The number of rotatable bonds is 8. The van der Waals surface area contributed by atoms with Gasteiger partial charge in [0.25, 0.3) is 5.91 Å². The van der Waals surface area contributed by atoms with Crippen LogP contribution < -0.4 is 5.73 Å². The van der Waals surface area contributed by atoms with Crippen LogP contribution in [0.2, 0.25) is 0 Å². The summed E-state index contributed by atoms with van der Waals surface area (Å²) in [5.74, 6) is -0.117. The van der Waals surface area contributed by atoms with Gasteiger partial charge in [-0.05, 0) is 56.0 Å². The van der Waals surface area contributed by atoms with Crippen molar-refractivity contribution in [2.24, 2.45) is 10.7 Å². The van der Waals surface area contributed by atoms with Crippen molar-refractivity contribution in [3.8, 4) is 11.1 Å². The highest BCUT2D eigenvalue weighted by molar-refractivity contribution is 6.06. The summed E-state index contributed by atoms with van der Waals surface area (Å²) in [5, 5.41) is 0. The number of carbonyl (C=O) groups excluding carboxylic acids is 3. The van der Waals surface area contributed by atoms with E-state index >= 15 is 0 Å². The number of aldehydes is 1. The molecule has 0 fully saturated rings. The molecule has 0 bridgehead atoms. The smallest absolute Gasteiger partial charge is 0.310 e. The molecule has 0 atom stereocenters. The van der Waals surface area contributed by atoms with Crippen molar-refractivity contribution >= 4 is 35.8 Å². The molecule has 2 aromatic carbocycles. The van der Waals surface area contributed by atoms with E-state index in [4.69, 9.17) is 10.5 Å². The number of aliphatic imine (C=N–C) groups is 1. The second-order valence-corrected chi connectivity index (χ2v) is 9.60. The van der Waals surface area contributed by atoms with E-state index in [-0.39, 0.29) is 31.3 Å². The van der Waals surface area contributed by atoms with Gasteiger partial charge in [-0.15, -0.1) is 0 Å². The standard InChI is InChI=1S/C28H33N3O4/c1-5-12-31(13-14-32)27(34)23-16-22-11-10-21(17-24(22)30-25(29)18-23)20-8-6-19(7-9-20)15-26(33)35-28(2,3)4/h6-11,14,16-17H,5,12-13,15,18H2,1-4H3,(H2,29,30). The molecule has 2 N–H and O–H groups in total. The van der Waals surface area contributed by atoms with Gasteiger partial charge in [-0.25, -0.2) is 4.99 Å². The van der Waals surface area contributed by atoms with Gasteiger partial charge >= 0.3 is 5.97 Å². The molecule has 7 nitrogen and oxygen atoms in total. The number of hydrogen-bond acceptors (Lipinski definition) is 6. The van der Waals surface area contributed by atoms with Gasteiger partial charge in [0.15, 0.2) is 0 Å². The number of ether oxygens (including phenoxy) is 1. The number of fused-ring (bicyclic) bond motifs is 1. The minimum atomic E-state index is -0.511. The molecule has 184 valence electrons. The quantitative estimate of drug-likeness (QED) is 0.449. The van der Waals surface area contributed by atoms with Crippen molar-refractivity contribution < 1.29 is 19.1 Å². The van der Waals surface area contributed by atoms with Crippen LogP contribution in [0.5, 0.6) is 0 Å². The Morgan fingerprint density at radius 3 is 2.43 bits per heavy atom. The van der Waals surface area contributed by atoms with E-state index in [0.717, 1.165) is 35.0 Å². The van der Waals surface area contributed by atoms with Crippen molar-refractivity contribution in [1.29, 1.82) is 0 Å². The summed E-state index contributed by atoms with van der Waals surface area (Å²) in [4.78, 5) is 42.2. The molecule has 0 unspecified atom stereocenters. The Kier molecular flexibility index (Phi) is 8.22. The molecule has 7 heteroatoms. The molecule has 1 aliphatic heterocycles. The largest absolute Gasteiger partial charge is 0.460 e. The summed E-state index contributed by atoms with van der Waals surface area (Å²) in [6.07, 6.45) is 3.74. The number of esters is 1. The number of hydrogen-bond donors (Lipinski definition) is 1. The number of nitrogens with two attached hydrogens (primary N) is 1. The molecule has 0 saturated heterocycles. The summed E-state index contributed by atoms with van der Waals surface area (Å²) in [7, 11) is 0. The minimum absolute atomic E-state index is 0.0524. The van der Waals surface area contributed by atoms with E-state index in [1.807, 2.05) is 76.2 Å². The molecule has 2 aromatic rings. The summed E-state index contributed by atoms with van der Waals surface area (Å²) in [6.45, 7) is 8.06. The van der Waals surface area contributed by atoms with Gasteiger partial charge in [0, 0.05) is 24.1 Å². The molecule has 0 spiro atoms. The van der Waals surface area contributed by atoms with Gasteiger partial charge in [0.1, 0.15) is 17.7 Å². The Morgan fingerprint density at radius 1 is 1.11 bits per heavy atom. The molecular weight excluding hydrogens is 442 g/mol. The third-order valence-electron chi connectivity index (χ3n) is 5.40. The van der Waals surface area contributed by atoms with E-state index < -0.39 is 5.60 Å². The summed E-state index contributed by atoms with van der Waals surface area (Å²) in [6, 6.07) is 13.6. The number of amidine groups is 1. The maximum absolute atomic E-state index is 13.0. The minimum Gasteiger partial charge on any atom is -0.460 e. The molecule has 0 saturated carbocycles. The first-order chi connectivity index (χ1) is 16.6. The van der Waals surface area contributed by atoms with Crippen molar-refractivity contribution in [3.63, 3.8) is 0 Å². The van der Waals surface area contributed by atoms with Crippen molar-refractivity contribution in [2.75, 3.05) is 13.1 Å². The lowest BCUT2D eigenvalue weighted by Crippen LogP contribution is -2.35. The van der Waals surface area contributed by atoms with Crippen LogP contribution in [0, 0.1) is 0 Å². The highest BCUT2D eigenvalue weighted by atomic mass is 16.6. The SMILES string of the molecule is CCCN(CC=O)C(=O)C1=Cc2ccc(-c3ccc(CC(=O)OC(C)(C)C)cc3)cc2N=C(N)C1. The Balaban J connectivity index is 1.83. The zero-order chi connectivity index (χ0) is 25.6. The van der Waals surface area contributed by atoms with Crippen LogP contribution in [0.4, 0.5) is 5.69 Å². The molecule has 1 heterocycles. The fourth-order valence-electron chi connectivity index (χ4n) is 3.91. The number of carbonyl (C=O) groups is 3. The molecule has 1 aliphatic rings. The van der Waals surface area contributed by atoms with Gasteiger partial charge in [-0.2, -0.15) is 0 Å². The first-order valence-electron chi connectivity index (χ1n) is 11.8. The topological polar surface area (TPSA) is 102 Å². The van der Waals surface area contributed by atoms with E-state index in [2.05, 4.69) is 4.99 Å². The molecule has 1 amide bonds. The predicted octanol–water partition coefficient (Wildman–Crippen LogP) is 4.45. The predicted molar refractivity (Wildman–Crippen MR) is 138 cm³/mol. The zero-order valence-electron chi connectivity index (χ0n) is 20.8. The van der Waals surface area contributed by atoms with Gasteiger partial charge < -0.3 is 20.2 Å². The summed E-state index contributed by atoms with van der Waals surface area (Å²) >= 11 is 0. The van der Waals surface area contributed by atoms with Crippen molar-refractivity contribution in [2.45, 2.75) is 52.6 Å². The van der Waals surface area contributed by atoms with Gasteiger partial charge in [-0.3, -0.25) is 9.59 Å². The van der Waals surface area contributed by atoms with Crippen LogP contribution in [0.3, 0.4) is 0 Å². The van der Waals surface area contributed by atoms with Crippen LogP contribution >= 0.6 is 0 Å². The molecule has 35 heavy (non-hydrogen) atoms. The van der Waals surface area contributed by atoms with Crippen LogP contribution in [-0.2, 0) is 25.5 Å². The van der Waals surface area contributed by atoms with Gasteiger partial charge in [0.2, 0.25) is 0 Å². The Hall–Kier alpha value is -3.74. The lowest BCUT2D eigenvalue weighted by atomic mass is 9.99. The van der Waals surface area contributed by atoms with Gasteiger partial charge in [0.05, 0.1) is 18.7 Å². The monoisotopic (exact) mass is 475 g/mol. The van der Waals surface area contributed by atoms with E-state index in [9.17, 15) is 14.4 Å². The van der Waals surface area contributed by atoms with Crippen molar-refractivity contribution in [3.05, 3.63) is 59.2 Å². The highest BCUT2D eigenvalue weighted by Crippen LogP contribution is 2.32. The fourth-order valence-corrected chi connectivity index (χ4v) is 3.91. The summed E-state index contributed by atoms with van der Waals surface area (Å²) in [5.41, 5.74) is 10.4.